The third kappa shape index (κ3) is 4.66. The van der Waals surface area contributed by atoms with Crippen molar-refractivity contribution in [3.8, 4) is 0 Å². The zero-order chi connectivity index (χ0) is 17.6. The Kier molecular flexibility index (Phi) is 5.81. The molecule has 0 aliphatic carbocycles. The number of likely N-dealkylation sites (tertiary alicyclic amines) is 1. The van der Waals surface area contributed by atoms with Gasteiger partial charge in [0.25, 0.3) is 0 Å². The summed E-state index contributed by atoms with van der Waals surface area (Å²) >= 11 is 1.53. The van der Waals surface area contributed by atoms with Crippen molar-refractivity contribution in [2.24, 2.45) is 5.92 Å². The van der Waals surface area contributed by atoms with E-state index in [0.717, 1.165) is 29.7 Å². The van der Waals surface area contributed by atoms with Gasteiger partial charge < -0.3 is 10.2 Å². The van der Waals surface area contributed by atoms with Crippen LogP contribution in [0.25, 0.3) is 0 Å². The summed E-state index contributed by atoms with van der Waals surface area (Å²) in [6.45, 7) is 3.81. The molecule has 0 radical (unpaired) electrons. The summed E-state index contributed by atoms with van der Waals surface area (Å²) in [6, 6.07) is 7.99. The Labute approximate surface area is 152 Å². The molecule has 1 saturated heterocycles. The molecule has 1 aromatic heterocycles. The predicted octanol–water partition coefficient (Wildman–Crippen LogP) is 2.55. The number of piperidine rings is 1. The average molecular weight is 357 g/mol. The van der Waals surface area contributed by atoms with Crippen LogP contribution in [0.3, 0.4) is 0 Å². The molecule has 5 nitrogen and oxygen atoms in total. The van der Waals surface area contributed by atoms with Crippen LogP contribution in [0.2, 0.25) is 0 Å². The average Bonchev–Trinajstić information content (AvgIpc) is 3.15. The maximum Gasteiger partial charge on any atom is 0.226 e. The largest absolute Gasteiger partial charge is 0.350 e. The number of nitrogens with zero attached hydrogens (tertiary/aromatic N) is 2. The molecule has 6 heteroatoms. The van der Waals surface area contributed by atoms with Crippen molar-refractivity contribution in [3.63, 3.8) is 0 Å². The zero-order valence-electron chi connectivity index (χ0n) is 14.4. The smallest absolute Gasteiger partial charge is 0.226 e. The molecule has 1 aliphatic heterocycles. The normalized spacial score (nSPS) is 15.2. The third-order valence-electron chi connectivity index (χ3n) is 4.75. The van der Waals surface area contributed by atoms with Gasteiger partial charge in [0, 0.05) is 24.4 Å². The molecular weight excluding hydrogens is 334 g/mol. The fourth-order valence-corrected chi connectivity index (χ4v) is 3.68. The van der Waals surface area contributed by atoms with E-state index >= 15 is 0 Å². The van der Waals surface area contributed by atoms with Crippen molar-refractivity contribution < 1.29 is 9.59 Å². The van der Waals surface area contributed by atoms with E-state index in [9.17, 15) is 9.59 Å². The topological polar surface area (TPSA) is 62.3 Å². The van der Waals surface area contributed by atoms with Gasteiger partial charge in [0.05, 0.1) is 24.2 Å². The Morgan fingerprint density at radius 2 is 2.04 bits per heavy atom. The molecule has 2 amide bonds. The van der Waals surface area contributed by atoms with Crippen LogP contribution in [0, 0.1) is 12.8 Å². The second kappa shape index (κ2) is 8.25. The van der Waals surface area contributed by atoms with Gasteiger partial charge in [-0.2, -0.15) is 0 Å². The van der Waals surface area contributed by atoms with E-state index < -0.39 is 0 Å². The number of carbonyl (C=O) groups excluding carboxylic acids is 2. The fourth-order valence-electron chi connectivity index (χ4n) is 3.12. The Morgan fingerprint density at radius 3 is 2.72 bits per heavy atom. The highest BCUT2D eigenvalue weighted by Crippen LogP contribution is 2.19. The van der Waals surface area contributed by atoms with Gasteiger partial charge in [-0.3, -0.25) is 9.59 Å². The first kappa shape index (κ1) is 17.6. The van der Waals surface area contributed by atoms with Crippen molar-refractivity contribution >= 4 is 23.2 Å². The summed E-state index contributed by atoms with van der Waals surface area (Å²) in [5, 5.41) is 4.89. The van der Waals surface area contributed by atoms with Crippen LogP contribution in [-0.2, 0) is 22.6 Å². The van der Waals surface area contributed by atoms with E-state index in [-0.39, 0.29) is 17.7 Å². The van der Waals surface area contributed by atoms with Crippen LogP contribution in [0.15, 0.2) is 35.2 Å². The van der Waals surface area contributed by atoms with Gasteiger partial charge in [0.2, 0.25) is 11.8 Å². The number of amides is 2. The van der Waals surface area contributed by atoms with Crippen molar-refractivity contribution in [2.75, 3.05) is 13.1 Å². The molecule has 25 heavy (non-hydrogen) atoms. The molecule has 132 valence electrons. The minimum absolute atomic E-state index is 0.0128. The van der Waals surface area contributed by atoms with Crippen molar-refractivity contribution in [1.82, 2.24) is 15.2 Å². The molecule has 2 heterocycles. The van der Waals surface area contributed by atoms with Crippen molar-refractivity contribution in [1.29, 1.82) is 0 Å². The summed E-state index contributed by atoms with van der Waals surface area (Å²) in [7, 11) is 0. The molecule has 0 atom stereocenters. The monoisotopic (exact) mass is 357 g/mol. The van der Waals surface area contributed by atoms with E-state index in [1.165, 1.54) is 11.3 Å². The van der Waals surface area contributed by atoms with E-state index in [2.05, 4.69) is 10.3 Å². The maximum absolute atomic E-state index is 12.5. The third-order valence-corrected chi connectivity index (χ3v) is 5.38. The number of aromatic nitrogens is 1. The quantitative estimate of drug-likeness (QED) is 0.894. The number of carbonyl (C=O) groups is 2. The Bertz CT molecular complexity index is 722. The Balaban J connectivity index is 1.45. The number of aryl methyl sites for hydroxylation is 1. The minimum atomic E-state index is -0.0128. The molecule has 1 fully saturated rings. The van der Waals surface area contributed by atoms with Gasteiger partial charge >= 0.3 is 0 Å². The second-order valence-electron chi connectivity index (χ2n) is 6.46. The molecule has 1 aliphatic rings. The highest BCUT2D eigenvalue weighted by atomic mass is 32.1. The highest BCUT2D eigenvalue weighted by Gasteiger charge is 2.27. The summed E-state index contributed by atoms with van der Waals surface area (Å²) in [6.07, 6.45) is 1.89. The van der Waals surface area contributed by atoms with Gasteiger partial charge in [-0.25, -0.2) is 4.98 Å². The first-order chi connectivity index (χ1) is 12.1. The molecule has 1 aromatic carbocycles. The number of thiazole rings is 1. The molecule has 0 bridgehead atoms. The maximum atomic E-state index is 12.5. The zero-order valence-corrected chi connectivity index (χ0v) is 15.2. The first-order valence-electron chi connectivity index (χ1n) is 8.60. The summed E-state index contributed by atoms with van der Waals surface area (Å²) < 4.78 is 0. The lowest BCUT2D eigenvalue weighted by molar-refractivity contribution is -0.135. The van der Waals surface area contributed by atoms with Crippen LogP contribution in [-0.4, -0.2) is 34.8 Å². The van der Waals surface area contributed by atoms with Gasteiger partial charge in [0.15, 0.2) is 0 Å². The van der Waals surface area contributed by atoms with Gasteiger partial charge in [-0.15, -0.1) is 11.3 Å². The lowest BCUT2D eigenvalue weighted by atomic mass is 9.95. The minimum Gasteiger partial charge on any atom is -0.350 e. The predicted molar refractivity (Wildman–Crippen MR) is 98.1 cm³/mol. The van der Waals surface area contributed by atoms with Crippen LogP contribution >= 0.6 is 11.3 Å². The second-order valence-corrected chi connectivity index (χ2v) is 7.17. The molecule has 0 saturated carbocycles. The summed E-state index contributed by atoms with van der Waals surface area (Å²) in [4.78, 5) is 30.8. The number of hydrogen-bond acceptors (Lipinski definition) is 4. The molecule has 2 aromatic rings. The molecule has 1 N–H and O–H groups in total. The number of hydrogen-bond donors (Lipinski definition) is 1. The van der Waals surface area contributed by atoms with Gasteiger partial charge in [-0.05, 0) is 30.9 Å². The summed E-state index contributed by atoms with van der Waals surface area (Å²) in [5.41, 5.74) is 4.88. The van der Waals surface area contributed by atoms with Gasteiger partial charge in [0.1, 0.15) is 0 Å². The number of rotatable bonds is 5. The highest BCUT2D eigenvalue weighted by molar-refractivity contribution is 7.07. The van der Waals surface area contributed by atoms with Crippen LogP contribution in [0.5, 0.6) is 0 Å². The van der Waals surface area contributed by atoms with Crippen LogP contribution < -0.4 is 5.32 Å². The fraction of sp³-hybridized carbons (Fsp3) is 0.421. The molecule has 3 rings (SSSR count). The van der Waals surface area contributed by atoms with Gasteiger partial charge in [-0.1, -0.05) is 24.3 Å². The lowest BCUT2D eigenvalue weighted by Crippen LogP contribution is -2.43. The standard InChI is InChI=1S/C19H23N3O2S/c1-14-4-2-3-5-16(14)10-18(23)22-8-6-15(7-9-22)19(24)20-11-17-12-25-13-21-17/h2-5,12-13,15H,6-11H2,1H3,(H,20,24). The SMILES string of the molecule is Cc1ccccc1CC(=O)N1CCC(C(=O)NCc2cscn2)CC1. The van der Waals surface area contributed by atoms with E-state index in [0.29, 0.717) is 26.1 Å². The first-order valence-corrected chi connectivity index (χ1v) is 9.55. The Morgan fingerprint density at radius 1 is 1.28 bits per heavy atom. The van der Waals surface area contributed by atoms with E-state index in [1.807, 2.05) is 41.5 Å². The number of nitrogens with one attached hydrogen (secondary N) is 1. The van der Waals surface area contributed by atoms with E-state index in [1.54, 1.807) is 5.51 Å². The van der Waals surface area contributed by atoms with Crippen molar-refractivity contribution in [2.45, 2.75) is 32.7 Å². The lowest BCUT2D eigenvalue weighted by Gasteiger charge is -2.31. The summed E-state index contributed by atoms with van der Waals surface area (Å²) in [5.74, 6) is 0.204. The molecule has 0 spiro atoms. The number of benzene rings is 1. The van der Waals surface area contributed by atoms with Crippen LogP contribution in [0.4, 0.5) is 0 Å². The Hall–Kier alpha value is -2.21. The molecule has 0 unspecified atom stereocenters. The molecular formula is C19H23N3O2S. The van der Waals surface area contributed by atoms with Crippen molar-refractivity contribution in [3.05, 3.63) is 52.0 Å². The van der Waals surface area contributed by atoms with Crippen LogP contribution in [0.1, 0.15) is 29.7 Å². The van der Waals surface area contributed by atoms with E-state index in [4.69, 9.17) is 0 Å².